The first-order valence-corrected chi connectivity index (χ1v) is 7.62. The van der Waals surface area contributed by atoms with Gasteiger partial charge in [-0.2, -0.15) is 0 Å². The quantitative estimate of drug-likeness (QED) is 0.713. The van der Waals surface area contributed by atoms with Gasteiger partial charge in [-0.15, -0.1) is 0 Å². The molecule has 1 amide bonds. The summed E-state index contributed by atoms with van der Waals surface area (Å²) in [6, 6.07) is 0. The van der Waals surface area contributed by atoms with Gasteiger partial charge in [0.2, 0.25) is 5.91 Å². The van der Waals surface area contributed by atoms with Gasteiger partial charge in [-0.05, 0) is 25.0 Å². The molecule has 2 fully saturated rings. The lowest BCUT2D eigenvalue weighted by Crippen LogP contribution is -2.46. The normalized spacial score (nSPS) is 23.9. The third-order valence-corrected chi connectivity index (χ3v) is 4.54. The van der Waals surface area contributed by atoms with Crippen LogP contribution in [0.25, 0.3) is 0 Å². The Morgan fingerprint density at radius 2 is 1.88 bits per heavy atom. The van der Waals surface area contributed by atoms with E-state index in [0.717, 1.165) is 58.7 Å². The minimum atomic E-state index is 0.345. The van der Waals surface area contributed by atoms with E-state index in [9.17, 15) is 4.79 Å². The molecule has 2 aliphatic heterocycles. The summed E-state index contributed by atoms with van der Waals surface area (Å²) in [5, 5.41) is 0. The standard InChI is InChI=1S/C12H22N2O2S/c1-17-14-6-4-13(5-7-14)12(15)10-11-2-8-16-9-3-11/h11H,2-10H2,1H3. The van der Waals surface area contributed by atoms with Crippen molar-refractivity contribution in [2.24, 2.45) is 5.92 Å². The predicted octanol–water partition coefficient (Wildman–Crippen LogP) is 1.23. The van der Waals surface area contributed by atoms with E-state index in [-0.39, 0.29) is 0 Å². The summed E-state index contributed by atoms with van der Waals surface area (Å²) < 4.78 is 7.64. The Hall–Kier alpha value is -0.260. The summed E-state index contributed by atoms with van der Waals surface area (Å²) >= 11 is 1.77. The van der Waals surface area contributed by atoms with E-state index in [4.69, 9.17) is 4.74 Å². The minimum absolute atomic E-state index is 0.345. The fourth-order valence-electron chi connectivity index (χ4n) is 2.45. The van der Waals surface area contributed by atoms with Crippen LogP contribution in [0.4, 0.5) is 0 Å². The minimum Gasteiger partial charge on any atom is -0.381 e. The summed E-state index contributed by atoms with van der Waals surface area (Å²) in [7, 11) is 0. The molecule has 0 spiro atoms. The predicted molar refractivity (Wildman–Crippen MR) is 69.8 cm³/mol. The number of carbonyl (C=O) groups excluding carboxylic acids is 1. The zero-order chi connectivity index (χ0) is 12.1. The molecule has 2 aliphatic rings. The summed E-state index contributed by atoms with van der Waals surface area (Å²) in [6.45, 7) is 5.45. The molecule has 2 heterocycles. The second-order valence-electron chi connectivity index (χ2n) is 4.75. The van der Waals surface area contributed by atoms with Crippen molar-refractivity contribution in [2.75, 3.05) is 45.6 Å². The van der Waals surface area contributed by atoms with Crippen molar-refractivity contribution in [1.29, 1.82) is 0 Å². The van der Waals surface area contributed by atoms with Gasteiger partial charge in [-0.25, -0.2) is 4.31 Å². The molecular weight excluding hydrogens is 236 g/mol. The SMILES string of the molecule is CSN1CCN(C(=O)CC2CCOCC2)CC1. The average molecular weight is 258 g/mol. The molecule has 0 saturated carbocycles. The molecule has 0 bridgehead atoms. The van der Waals surface area contributed by atoms with Crippen LogP contribution in [0.3, 0.4) is 0 Å². The van der Waals surface area contributed by atoms with Crippen LogP contribution >= 0.6 is 11.9 Å². The first kappa shape index (κ1) is 13.2. The number of piperazine rings is 1. The fraction of sp³-hybridized carbons (Fsp3) is 0.917. The summed E-state index contributed by atoms with van der Waals surface area (Å²) in [5.74, 6) is 0.896. The molecule has 0 atom stereocenters. The molecular formula is C12H22N2O2S. The van der Waals surface area contributed by atoms with Crippen LogP contribution in [-0.4, -0.2) is 60.8 Å². The highest BCUT2D eigenvalue weighted by molar-refractivity contribution is 7.96. The first-order valence-electron chi connectivity index (χ1n) is 6.44. The zero-order valence-electron chi connectivity index (χ0n) is 10.6. The molecule has 0 aromatic carbocycles. The molecule has 0 unspecified atom stereocenters. The van der Waals surface area contributed by atoms with E-state index in [2.05, 4.69) is 10.6 Å². The van der Waals surface area contributed by atoms with Gasteiger partial charge in [0.15, 0.2) is 0 Å². The Bertz CT molecular complexity index is 249. The fourth-order valence-corrected chi connectivity index (χ4v) is 2.98. The third-order valence-electron chi connectivity index (χ3n) is 3.65. The summed E-state index contributed by atoms with van der Waals surface area (Å²) in [5.41, 5.74) is 0. The van der Waals surface area contributed by atoms with E-state index in [0.29, 0.717) is 11.8 Å². The molecule has 0 N–H and O–H groups in total. The van der Waals surface area contributed by atoms with E-state index < -0.39 is 0 Å². The van der Waals surface area contributed by atoms with Crippen LogP contribution in [0.1, 0.15) is 19.3 Å². The molecule has 98 valence electrons. The topological polar surface area (TPSA) is 32.8 Å². The second-order valence-corrected chi connectivity index (χ2v) is 5.63. The second kappa shape index (κ2) is 6.61. The van der Waals surface area contributed by atoms with Crippen molar-refractivity contribution in [2.45, 2.75) is 19.3 Å². The van der Waals surface area contributed by atoms with Crippen molar-refractivity contribution in [1.82, 2.24) is 9.21 Å². The number of rotatable bonds is 3. The molecule has 17 heavy (non-hydrogen) atoms. The highest BCUT2D eigenvalue weighted by Crippen LogP contribution is 2.20. The Labute approximate surface area is 108 Å². The van der Waals surface area contributed by atoms with Gasteiger partial charge < -0.3 is 9.64 Å². The zero-order valence-corrected chi connectivity index (χ0v) is 11.4. The lowest BCUT2D eigenvalue weighted by Gasteiger charge is -2.34. The van der Waals surface area contributed by atoms with Gasteiger partial charge in [0.05, 0.1) is 0 Å². The summed E-state index contributed by atoms with van der Waals surface area (Å²) in [6.07, 6.45) is 4.93. The van der Waals surface area contributed by atoms with Crippen LogP contribution in [0, 0.1) is 5.92 Å². The molecule has 4 nitrogen and oxygen atoms in total. The van der Waals surface area contributed by atoms with Crippen LogP contribution in [0.2, 0.25) is 0 Å². The number of hydrogen-bond donors (Lipinski definition) is 0. The van der Waals surface area contributed by atoms with Crippen LogP contribution in [0.5, 0.6) is 0 Å². The van der Waals surface area contributed by atoms with Crippen LogP contribution < -0.4 is 0 Å². The maximum atomic E-state index is 12.1. The number of nitrogens with zero attached hydrogens (tertiary/aromatic N) is 2. The summed E-state index contributed by atoms with van der Waals surface area (Å²) in [4.78, 5) is 14.2. The largest absolute Gasteiger partial charge is 0.381 e. The third kappa shape index (κ3) is 3.86. The van der Waals surface area contributed by atoms with Crippen LogP contribution in [0.15, 0.2) is 0 Å². The lowest BCUT2D eigenvalue weighted by atomic mass is 9.96. The monoisotopic (exact) mass is 258 g/mol. The van der Waals surface area contributed by atoms with Crippen molar-refractivity contribution in [3.63, 3.8) is 0 Å². The van der Waals surface area contributed by atoms with E-state index >= 15 is 0 Å². The van der Waals surface area contributed by atoms with E-state index in [1.54, 1.807) is 11.9 Å². The Morgan fingerprint density at radius 1 is 1.24 bits per heavy atom. The molecule has 0 aliphatic carbocycles. The van der Waals surface area contributed by atoms with Crippen molar-refractivity contribution < 1.29 is 9.53 Å². The molecule has 2 rings (SSSR count). The Morgan fingerprint density at radius 3 is 2.47 bits per heavy atom. The lowest BCUT2D eigenvalue weighted by molar-refractivity contribution is -0.134. The highest BCUT2D eigenvalue weighted by Gasteiger charge is 2.24. The maximum Gasteiger partial charge on any atom is 0.222 e. The molecule has 0 radical (unpaired) electrons. The van der Waals surface area contributed by atoms with Gasteiger partial charge >= 0.3 is 0 Å². The number of hydrogen-bond acceptors (Lipinski definition) is 4. The number of carbonyl (C=O) groups is 1. The van der Waals surface area contributed by atoms with Crippen molar-refractivity contribution >= 4 is 17.9 Å². The molecule has 0 aromatic heterocycles. The molecule has 5 heteroatoms. The smallest absolute Gasteiger partial charge is 0.222 e. The van der Waals surface area contributed by atoms with Gasteiger partial charge in [0.25, 0.3) is 0 Å². The van der Waals surface area contributed by atoms with Crippen LogP contribution in [-0.2, 0) is 9.53 Å². The first-order chi connectivity index (χ1) is 8.29. The van der Waals surface area contributed by atoms with Gasteiger partial charge in [-0.1, -0.05) is 11.9 Å². The highest BCUT2D eigenvalue weighted by atomic mass is 32.2. The van der Waals surface area contributed by atoms with Gasteiger partial charge in [0, 0.05) is 45.8 Å². The number of amides is 1. The molecule has 0 aromatic rings. The van der Waals surface area contributed by atoms with Gasteiger partial charge in [0.1, 0.15) is 0 Å². The van der Waals surface area contributed by atoms with Crippen molar-refractivity contribution in [3.05, 3.63) is 0 Å². The molecule has 2 saturated heterocycles. The Kier molecular flexibility index (Phi) is 5.13. The van der Waals surface area contributed by atoms with E-state index in [1.807, 2.05) is 4.90 Å². The number of ether oxygens (including phenoxy) is 1. The average Bonchev–Trinajstić information content (AvgIpc) is 2.40. The maximum absolute atomic E-state index is 12.1. The van der Waals surface area contributed by atoms with E-state index in [1.165, 1.54) is 0 Å². The van der Waals surface area contributed by atoms with Crippen molar-refractivity contribution in [3.8, 4) is 0 Å². The van der Waals surface area contributed by atoms with Gasteiger partial charge in [-0.3, -0.25) is 4.79 Å². The Balaban J connectivity index is 1.72.